The van der Waals surface area contributed by atoms with Crippen LogP contribution in [-0.2, 0) is 16.1 Å². The summed E-state index contributed by atoms with van der Waals surface area (Å²) >= 11 is 0. The molecule has 18 heavy (non-hydrogen) atoms. The third-order valence-electron chi connectivity index (χ3n) is 3.31. The standard InChI is InChI=1S/C13H18N2O3/c1-18-13(17)10-4-5-15(8-10)7-9-2-3-12(16)11(14)6-9/h2-3,6,10,16H,4-5,7-8,14H2,1H3/t10-/m0/s1. The number of rotatable bonds is 3. The lowest BCUT2D eigenvalue weighted by molar-refractivity contribution is -0.144. The van der Waals surface area contributed by atoms with Crippen molar-refractivity contribution in [2.75, 3.05) is 25.9 Å². The first-order valence-corrected chi connectivity index (χ1v) is 5.97. The van der Waals surface area contributed by atoms with E-state index in [-0.39, 0.29) is 17.6 Å². The first-order valence-electron chi connectivity index (χ1n) is 5.97. The summed E-state index contributed by atoms with van der Waals surface area (Å²) < 4.78 is 4.75. The van der Waals surface area contributed by atoms with Crippen molar-refractivity contribution in [2.24, 2.45) is 5.92 Å². The molecule has 0 saturated carbocycles. The Labute approximate surface area is 106 Å². The Morgan fingerprint density at radius 1 is 1.61 bits per heavy atom. The van der Waals surface area contributed by atoms with E-state index >= 15 is 0 Å². The highest BCUT2D eigenvalue weighted by atomic mass is 16.5. The number of methoxy groups -OCH3 is 1. The molecule has 0 radical (unpaired) electrons. The van der Waals surface area contributed by atoms with E-state index in [0.29, 0.717) is 12.2 Å². The van der Waals surface area contributed by atoms with Crippen LogP contribution in [0.5, 0.6) is 5.75 Å². The highest BCUT2D eigenvalue weighted by Crippen LogP contribution is 2.24. The second kappa shape index (κ2) is 5.27. The number of aromatic hydroxyl groups is 1. The molecule has 0 unspecified atom stereocenters. The van der Waals surface area contributed by atoms with E-state index in [4.69, 9.17) is 10.5 Å². The highest BCUT2D eigenvalue weighted by Gasteiger charge is 2.28. The molecule has 1 aliphatic heterocycles. The molecule has 1 aromatic rings. The minimum absolute atomic E-state index is 0.0236. The average molecular weight is 250 g/mol. The van der Waals surface area contributed by atoms with Crippen LogP contribution in [0, 0.1) is 5.92 Å². The monoisotopic (exact) mass is 250 g/mol. The number of benzene rings is 1. The summed E-state index contributed by atoms with van der Waals surface area (Å²) in [5.74, 6) is -0.0557. The summed E-state index contributed by atoms with van der Waals surface area (Å²) in [6.07, 6.45) is 0.834. The Morgan fingerprint density at radius 3 is 3.06 bits per heavy atom. The van der Waals surface area contributed by atoms with Gasteiger partial charge < -0.3 is 15.6 Å². The fraction of sp³-hybridized carbons (Fsp3) is 0.462. The lowest BCUT2D eigenvalue weighted by Crippen LogP contribution is -2.23. The second-order valence-electron chi connectivity index (χ2n) is 4.64. The number of hydrogen-bond acceptors (Lipinski definition) is 5. The summed E-state index contributed by atoms with van der Waals surface area (Å²) in [4.78, 5) is 13.6. The molecule has 2 rings (SSSR count). The normalized spacial score (nSPS) is 19.9. The molecular formula is C13H18N2O3. The summed E-state index contributed by atoms with van der Waals surface area (Å²) in [5, 5.41) is 9.35. The lowest BCUT2D eigenvalue weighted by atomic mass is 10.1. The van der Waals surface area contributed by atoms with Crippen molar-refractivity contribution < 1.29 is 14.6 Å². The Hall–Kier alpha value is -1.75. The van der Waals surface area contributed by atoms with E-state index in [2.05, 4.69) is 4.90 Å². The van der Waals surface area contributed by atoms with Gasteiger partial charge in [0.25, 0.3) is 0 Å². The quantitative estimate of drug-likeness (QED) is 0.475. The Bertz CT molecular complexity index is 448. The highest BCUT2D eigenvalue weighted by molar-refractivity contribution is 5.72. The van der Waals surface area contributed by atoms with Crippen molar-refractivity contribution in [3.8, 4) is 5.75 Å². The van der Waals surface area contributed by atoms with E-state index in [1.807, 2.05) is 6.07 Å². The number of esters is 1. The summed E-state index contributed by atoms with van der Waals surface area (Å²) in [5.41, 5.74) is 7.07. The summed E-state index contributed by atoms with van der Waals surface area (Å²) in [6.45, 7) is 2.33. The number of hydrogen-bond donors (Lipinski definition) is 2. The molecule has 1 aliphatic rings. The van der Waals surface area contributed by atoms with Gasteiger partial charge in [-0.3, -0.25) is 9.69 Å². The van der Waals surface area contributed by atoms with Crippen molar-refractivity contribution in [1.82, 2.24) is 4.90 Å². The number of nitrogen functional groups attached to an aromatic ring is 1. The first kappa shape index (κ1) is 12.7. The van der Waals surface area contributed by atoms with E-state index in [0.717, 1.165) is 25.1 Å². The molecule has 0 bridgehead atoms. The number of nitrogens with zero attached hydrogens (tertiary/aromatic N) is 1. The minimum atomic E-state index is -0.136. The van der Waals surface area contributed by atoms with Gasteiger partial charge in [0.05, 0.1) is 18.7 Å². The number of phenols is 1. The van der Waals surface area contributed by atoms with Crippen molar-refractivity contribution >= 4 is 11.7 Å². The van der Waals surface area contributed by atoms with Crippen LogP contribution >= 0.6 is 0 Å². The van der Waals surface area contributed by atoms with Crippen molar-refractivity contribution in [1.29, 1.82) is 0 Å². The van der Waals surface area contributed by atoms with Gasteiger partial charge in [-0.1, -0.05) is 6.07 Å². The second-order valence-corrected chi connectivity index (χ2v) is 4.64. The maximum Gasteiger partial charge on any atom is 0.310 e. The van der Waals surface area contributed by atoms with Gasteiger partial charge in [0.2, 0.25) is 0 Å². The van der Waals surface area contributed by atoms with Crippen LogP contribution in [0.25, 0.3) is 0 Å². The zero-order valence-electron chi connectivity index (χ0n) is 10.4. The molecule has 1 fully saturated rings. The Balaban J connectivity index is 1.95. The molecular weight excluding hydrogens is 232 g/mol. The molecule has 98 valence electrons. The SMILES string of the molecule is COC(=O)[C@H]1CCN(Cc2ccc(O)c(N)c2)C1. The van der Waals surface area contributed by atoms with Gasteiger partial charge in [-0.25, -0.2) is 0 Å². The lowest BCUT2D eigenvalue weighted by Gasteiger charge is -2.16. The molecule has 1 saturated heterocycles. The number of carbonyl (C=O) groups excluding carboxylic acids is 1. The summed E-state index contributed by atoms with van der Waals surface area (Å²) in [7, 11) is 1.42. The van der Waals surface area contributed by atoms with Gasteiger partial charge in [0, 0.05) is 13.1 Å². The fourth-order valence-corrected chi connectivity index (χ4v) is 2.30. The van der Waals surface area contributed by atoms with Gasteiger partial charge in [0.15, 0.2) is 0 Å². The molecule has 0 aromatic heterocycles. The van der Waals surface area contributed by atoms with Gasteiger partial charge in [-0.05, 0) is 30.7 Å². The van der Waals surface area contributed by atoms with Crippen molar-refractivity contribution in [3.05, 3.63) is 23.8 Å². The molecule has 5 nitrogen and oxygen atoms in total. The maximum absolute atomic E-state index is 11.4. The molecule has 3 N–H and O–H groups in total. The zero-order valence-corrected chi connectivity index (χ0v) is 10.4. The molecule has 1 atom stereocenters. The van der Waals surface area contributed by atoms with Crippen LogP contribution in [0.2, 0.25) is 0 Å². The minimum Gasteiger partial charge on any atom is -0.506 e. The van der Waals surface area contributed by atoms with Crippen LogP contribution in [-0.4, -0.2) is 36.2 Å². The molecule has 1 heterocycles. The molecule has 0 aliphatic carbocycles. The van der Waals surface area contributed by atoms with E-state index < -0.39 is 0 Å². The first-order chi connectivity index (χ1) is 8.60. The number of anilines is 1. The average Bonchev–Trinajstić information content (AvgIpc) is 2.81. The van der Waals surface area contributed by atoms with Gasteiger partial charge in [-0.15, -0.1) is 0 Å². The van der Waals surface area contributed by atoms with Gasteiger partial charge in [-0.2, -0.15) is 0 Å². The van der Waals surface area contributed by atoms with Crippen LogP contribution in [0.15, 0.2) is 18.2 Å². The molecule has 0 amide bonds. The smallest absolute Gasteiger partial charge is 0.310 e. The third-order valence-corrected chi connectivity index (χ3v) is 3.31. The maximum atomic E-state index is 11.4. The predicted molar refractivity (Wildman–Crippen MR) is 67.9 cm³/mol. The number of ether oxygens (including phenoxy) is 1. The van der Waals surface area contributed by atoms with Gasteiger partial charge in [0.1, 0.15) is 5.75 Å². The van der Waals surface area contributed by atoms with E-state index in [1.165, 1.54) is 7.11 Å². The van der Waals surface area contributed by atoms with Crippen molar-refractivity contribution in [3.63, 3.8) is 0 Å². The van der Waals surface area contributed by atoms with Crippen molar-refractivity contribution in [2.45, 2.75) is 13.0 Å². The Kier molecular flexibility index (Phi) is 3.72. The van der Waals surface area contributed by atoms with E-state index in [1.54, 1.807) is 12.1 Å². The molecule has 5 heteroatoms. The van der Waals surface area contributed by atoms with Crippen LogP contribution < -0.4 is 5.73 Å². The molecule has 0 spiro atoms. The van der Waals surface area contributed by atoms with Crippen LogP contribution in [0.4, 0.5) is 5.69 Å². The van der Waals surface area contributed by atoms with E-state index in [9.17, 15) is 9.90 Å². The molecule has 1 aromatic carbocycles. The number of phenolic OH excluding ortho intramolecular Hbond substituents is 1. The number of carbonyl (C=O) groups is 1. The largest absolute Gasteiger partial charge is 0.506 e. The topological polar surface area (TPSA) is 75.8 Å². The summed E-state index contributed by atoms with van der Waals surface area (Å²) in [6, 6.07) is 5.20. The van der Waals surface area contributed by atoms with Crippen LogP contribution in [0.1, 0.15) is 12.0 Å². The third kappa shape index (κ3) is 2.73. The fourth-order valence-electron chi connectivity index (χ4n) is 2.30. The predicted octanol–water partition coefficient (Wildman–Crippen LogP) is 0.969. The van der Waals surface area contributed by atoms with Crippen LogP contribution in [0.3, 0.4) is 0 Å². The number of likely N-dealkylation sites (tertiary alicyclic amines) is 1. The van der Waals surface area contributed by atoms with Gasteiger partial charge >= 0.3 is 5.97 Å². The zero-order chi connectivity index (χ0) is 13.1. The number of nitrogens with two attached hydrogens (primary N) is 1. The Morgan fingerprint density at radius 2 is 2.39 bits per heavy atom.